The maximum Gasteiger partial charge on any atom is 0.0714 e. The Kier molecular flexibility index (Phi) is 3.34. The van der Waals surface area contributed by atoms with E-state index in [1.165, 1.54) is 6.42 Å². The molecule has 1 aliphatic rings. The highest BCUT2D eigenvalue weighted by Crippen LogP contribution is 2.10. The van der Waals surface area contributed by atoms with Crippen molar-refractivity contribution in [2.75, 3.05) is 13.2 Å². The lowest BCUT2D eigenvalue weighted by atomic mass is 10.2. The second kappa shape index (κ2) is 4.07. The molecule has 1 rings (SSSR count). The molecule has 2 unspecified atom stereocenters. The molecule has 1 fully saturated rings. The molecule has 11 heavy (non-hydrogen) atoms. The fourth-order valence-corrected chi connectivity index (χ4v) is 1.35. The van der Waals surface area contributed by atoms with Gasteiger partial charge in [0.25, 0.3) is 0 Å². The highest BCUT2D eigenvalue weighted by Gasteiger charge is 2.20. The summed E-state index contributed by atoms with van der Waals surface area (Å²) in [7, 11) is 0. The minimum Gasteiger partial charge on any atom is -0.377 e. The van der Waals surface area contributed by atoms with Crippen LogP contribution in [0.15, 0.2) is 0 Å². The Labute approximate surface area is 69.3 Å². The normalized spacial score (nSPS) is 31.6. The number of hydrogen-bond donors (Lipinski definition) is 1. The van der Waals surface area contributed by atoms with Crippen LogP contribution in [0.25, 0.3) is 0 Å². The van der Waals surface area contributed by atoms with Crippen LogP contribution in [0.3, 0.4) is 0 Å². The van der Waals surface area contributed by atoms with Crippen molar-refractivity contribution in [3.8, 4) is 0 Å². The van der Waals surface area contributed by atoms with Gasteiger partial charge in [-0.2, -0.15) is 0 Å². The molecule has 2 nitrogen and oxygen atoms in total. The molecule has 1 aliphatic heterocycles. The quantitative estimate of drug-likeness (QED) is 0.669. The molecule has 0 bridgehead atoms. The van der Waals surface area contributed by atoms with Gasteiger partial charge in [-0.1, -0.05) is 13.8 Å². The van der Waals surface area contributed by atoms with Crippen LogP contribution in [0.1, 0.15) is 27.2 Å². The minimum atomic E-state index is 0.465. The van der Waals surface area contributed by atoms with Crippen molar-refractivity contribution in [3.63, 3.8) is 0 Å². The average molecular weight is 157 g/mol. The summed E-state index contributed by atoms with van der Waals surface area (Å²) in [4.78, 5) is 0. The van der Waals surface area contributed by atoms with E-state index < -0.39 is 0 Å². The van der Waals surface area contributed by atoms with Crippen LogP contribution < -0.4 is 5.32 Å². The summed E-state index contributed by atoms with van der Waals surface area (Å²) in [5, 5.41) is 3.37. The molecule has 0 spiro atoms. The molecule has 0 aliphatic carbocycles. The van der Waals surface area contributed by atoms with Gasteiger partial charge in [0.1, 0.15) is 0 Å². The van der Waals surface area contributed by atoms with E-state index >= 15 is 0 Å². The van der Waals surface area contributed by atoms with E-state index in [0.717, 1.165) is 13.2 Å². The molecule has 0 radical (unpaired) electrons. The molecule has 2 heteroatoms. The highest BCUT2D eigenvalue weighted by atomic mass is 16.5. The predicted octanol–water partition coefficient (Wildman–Crippen LogP) is 1.41. The van der Waals surface area contributed by atoms with Gasteiger partial charge in [0.05, 0.1) is 6.10 Å². The van der Waals surface area contributed by atoms with Gasteiger partial charge in [-0.3, -0.25) is 0 Å². The summed E-state index contributed by atoms with van der Waals surface area (Å²) in [6, 6.07) is 0.646. The van der Waals surface area contributed by atoms with Crippen molar-refractivity contribution in [3.05, 3.63) is 0 Å². The Bertz CT molecular complexity index is 114. The summed E-state index contributed by atoms with van der Waals surface area (Å²) >= 11 is 0. The first-order chi connectivity index (χ1) is 5.18. The fourth-order valence-electron chi connectivity index (χ4n) is 1.35. The van der Waals surface area contributed by atoms with Gasteiger partial charge in [0.15, 0.2) is 0 Å². The summed E-state index contributed by atoms with van der Waals surface area (Å²) in [5.74, 6) is 0.658. The predicted molar refractivity (Wildman–Crippen MR) is 46.7 cm³/mol. The summed E-state index contributed by atoms with van der Waals surface area (Å²) in [5.41, 5.74) is 0. The summed E-state index contributed by atoms with van der Waals surface area (Å²) in [6.07, 6.45) is 1.64. The maximum atomic E-state index is 5.67. The zero-order valence-corrected chi connectivity index (χ0v) is 7.76. The van der Waals surface area contributed by atoms with Crippen LogP contribution >= 0.6 is 0 Å². The number of ether oxygens (including phenoxy) is 1. The van der Waals surface area contributed by atoms with Crippen molar-refractivity contribution in [1.82, 2.24) is 5.32 Å². The van der Waals surface area contributed by atoms with Gasteiger partial charge in [0.2, 0.25) is 0 Å². The third kappa shape index (κ3) is 3.21. The van der Waals surface area contributed by atoms with Crippen LogP contribution in [0.5, 0.6) is 0 Å². The van der Waals surface area contributed by atoms with Crippen molar-refractivity contribution < 1.29 is 4.74 Å². The topological polar surface area (TPSA) is 21.3 Å². The first-order valence-electron chi connectivity index (χ1n) is 4.53. The van der Waals surface area contributed by atoms with Crippen LogP contribution in [-0.4, -0.2) is 25.3 Å². The van der Waals surface area contributed by atoms with Gasteiger partial charge in [0, 0.05) is 19.2 Å². The molecule has 2 atom stereocenters. The monoisotopic (exact) mass is 157 g/mol. The van der Waals surface area contributed by atoms with Crippen LogP contribution in [0.2, 0.25) is 0 Å². The molecular weight excluding hydrogens is 138 g/mol. The largest absolute Gasteiger partial charge is 0.377 e. The zero-order valence-electron chi connectivity index (χ0n) is 7.76. The van der Waals surface area contributed by atoms with Gasteiger partial charge in [-0.05, 0) is 19.3 Å². The van der Waals surface area contributed by atoms with Crippen LogP contribution in [0, 0.1) is 5.92 Å². The minimum absolute atomic E-state index is 0.465. The smallest absolute Gasteiger partial charge is 0.0714 e. The van der Waals surface area contributed by atoms with Gasteiger partial charge < -0.3 is 10.1 Å². The van der Waals surface area contributed by atoms with E-state index in [-0.39, 0.29) is 0 Å². The van der Waals surface area contributed by atoms with E-state index in [1.807, 2.05) is 0 Å². The van der Waals surface area contributed by atoms with Crippen molar-refractivity contribution in [2.24, 2.45) is 5.92 Å². The van der Waals surface area contributed by atoms with Gasteiger partial charge in [-0.15, -0.1) is 0 Å². The van der Waals surface area contributed by atoms with Gasteiger partial charge in [-0.25, -0.2) is 0 Å². The SMILES string of the molecule is CC(C)COC1CNC(C)C1. The second-order valence-electron chi connectivity index (χ2n) is 3.89. The summed E-state index contributed by atoms with van der Waals surface area (Å²) in [6.45, 7) is 8.52. The lowest BCUT2D eigenvalue weighted by Gasteiger charge is -2.12. The molecule has 0 aromatic carbocycles. The lowest BCUT2D eigenvalue weighted by molar-refractivity contribution is 0.0474. The Morgan fingerprint density at radius 2 is 2.27 bits per heavy atom. The summed E-state index contributed by atoms with van der Waals surface area (Å²) < 4.78 is 5.67. The van der Waals surface area contributed by atoms with Crippen LogP contribution in [0.4, 0.5) is 0 Å². The molecule has 0 amide bonds. The number of hydrogen-bond acceptors (Lipinski definition) is 2. The van der Waals surface area contributed by atoms with Crippen LogP contribution in [-0.2, 0) is 4.74 Å². The number of nitrogens with one attached hydrogen (secondary N) is 1. The fraction of sp³-hybridized carbons (Fsp3) is 1.00. The molecule has 1 saturated heterocycles. The van der Waals surface area contributed by atoms with Crippen molar-refractivity contribution in [2.45, 2.75) is 39.3 Å². The van der Waals surface area contributed by atoms with E-state index in [2.05, 4.69) is 26.1 Å². The molecule has 66 valence electrons. The second-order valence-corrected chi connectivity index (χ2v) is 3.89. The Hall–Kier alpha value is -0.0800. The maximum absolute atomic E-state index is 5.67. The molecule has 1 heterocycles. The van der Waals surface area contributed by atoms with E-state index in [4.69, 9.17) is 4.74 Å². The van der Waals surface area contributed by atoms with E-state index in [1.54, 1.807) is 0 Å². The third-order valence-corrected chi connectivity index (χ3v) is 1.98. The average Bonchev–Trinajstić information content (AvgIpc) is 2.31. The van der Waals surface area contributed by atoms with E-state index in [0.29, 0.717) is 18.1 Å². The molecular formula is C9H19NO. The first kappa shape index (κ1) is 9.01. The number of rotatable bonds is 3. The molecule has 1 N–H and O–H groups in total. The highest BCUT2D eigenvalue weighted by molar-refractivity contribution is 4.78. The Balaban J connectivity index is 2.08. The first-order valence-corrected chi connectivity index (χ1v) is 4.53. The lowest BCUT2D eigenvalue weighted by Crippen LogP contribution is -2.20. The molecule has 0 aromatic heterocycles. The standard InChI is InChI=1S/C9H19NO/c1-7(2)6-11-9-4-8(3)10-5-9/h7-10H,4-6H2,1-3H3. The zero-order chi connectivity index (χ0) is 8.27. The van der Waals surface area contributed by atoms with Crippen molar-refractivity contribution in [1.29, 1.82) is 0 Å². The third-order valence-electron chi connectivity index (χ3n) is 1.98. The van der Waals surface area contributed by atoms with Gasteiger partial charge >= 0.3 is 0 Å². The molecule has 0 aromatic rings. The Morgan fingerprint density at radius 1 is 1.55 bits per heavy atom. The Morgan fingerprint density at radius 3 is 2.73 bits per heavy atom. The van der Waals surface area contributed by atoms with Crippen molar-refractivity contribution >= 4 is 0 Å². The molecule has 0 saturated carbocycles. The van der Waals surface area contributed by atoms with E-state index in [9.17, 15) is 0 Å².